The van der Waals surface area contributed by atoms with Crippen LogP contribution in [0.5, 0.6) is 5.75 Å². The second kappa shape index (κ2) is 11.1. The molecule has 0 saturated carbocycles. The number of esters is 1. The molecule has 1 aromatic heterocycles. The molecule has 2 atom stereocenters. The zero-order valence-corrected chi connectivity index (χ0v) is 20.2. The Balaban J connectivity index is 2.00. The van der Waals surface area contributed by atoms with Crippen LogP contribution in [0.3, 0.4) is 0 Å². The molecule has 0 unspecified atom stereocenters. The van der Waals surface area contributed by atoms with Crippen LogP contribution in [0.4, 0.5) is 0 Å². The summed E-state index contributed by atoms with van der Waals surface area (Å²) in [6.45, 7) is 8.55. The summed E-state index contributed by atoms with van der Waals surface area (Å²) in [5.74, 6) is 0.601. The summed E-state index contributed by atoms with van der Waals surface area (Å²) in [5, 5.41) is 0. The molecule has 0 aliphatic heterocycles. The third-order valence-corrected chi connectivity index (χ3v) is 5.57. The van der Waals surface area contributed by atoms with Crippen LogP contribution in [0.1, 0.15) is 62.9 Å². The number of hydrogen-bond donors (Lipinski definition) is 0. The van der Waals surface area contributed by atoms with Gasteiger partial charge in [0, 0.05) is 31.0 Å². The van der Waals surface area contributed by atoms with Crippen molar-refractivity contribution in [3.63, 3.8) is 0 Å². The molecule has 0 spiro atoms. The molecular weight excluding hydrogens is 412 g/mol. The number of aromatic nitrogens is 1. The van der Waals surface area contributed by atoms with E-state index in [1.54, 1.807) is 19.5 Å². The Morgan fingerprint density at radius 1 is 0.939 bits per heavy atom. The van der Waals surface area contributed by atoms with Gasteiger partial charge in [0.05, 0.1) is 13.5 Å². The lowest BCUT2D eigenvalue weighted by Crippen LogP contribution is -2.34. The van der Waals surface area contributed by atoms with Crippen molar-refractivity contribution in [3.05, 3.63) is 95.8 Å². The molecular formula is C28H34N2O3. The molecule has 0 radical (unpaired) electrons. The predicted octanol–water partition coefficient (Wildman–Crippen LogP) is 6.13. The van der Waals surface area contributed by atoms with Gasteiger partial charge in [0.25, 0.3) is 0 Å². The highest BCUT2D eigenvalue weighted by molar-refractivity contribution is 5.71. The second-order valence-electron chi connectivity index (χ2n) is 9.19. The number of rotatable bonds is 9. The number of hydrogen-bond acceptors (Lipinski definition) is 5. The van der Waals surface area contributed by atoms with E-state index in [-0.39, 0.29) is 24.5 Å². The van der Waals surface area contributed by atoms with Gasteiger partial charge in [0.1, 0.15) is 11.4 Å². The molecule has 0 bridgehead atoms. The largest absolute Gasteiger partial charge is 0.497 e. The van der Waals surface area contributed by atoms with Gasteiger partial charge in [-0.05, 0) is 68.7 Å². The van der Waals surface area contributed by atoms with Crippen molar-refractivity contribution in [1.82, 2.24) is 9.88 Å². The minimum atomic E-state index is -0.536. The Morgan fingerprint density at radius 2 is 1.58 bits per heavy atom. The van der Waals surface area contributed by atoms with Gasteiger partial charge in [-0.25, -0.2) is 0 Å². The van der Waals surface area contributed by atoms with E-state index in [1.165, 1.54) is 5.56 Å². The lowest BCUT2D eigenvalue weighted by atomic mass is 9.97. The first-order valence-electron chi connectivity index (χ1n) is 11.3. The maximum atomic E-state index is 13.0. The van der Waals surface area contributed by atoms with E-state index in [0.29, 0.717) is 6.54 Å². The average Bonchev–Trinajstić information content (AvgIpc) is 2.81. The first-order valence-corrected chi connectivity index (χ1v) is 11.3. The van der Waals surface area contributed by atoms with Crippen molar-refractivity contribution in [2.45, 2.75) is 58.3 Å². The number of carbonyl (C=O) groups excluding carboxylic acids is 1. The van der Waals surface area contributed by atoms with Crippen LogP contribution in [0.15, 0.2) is 79.1 Å². The molecule has 3 aromatic rings. The number of methoxy groups -OCH3 is 1. The lowest BCUT2D eigenvalue weighted by molar-refractivity contribution is -0.156. The first kappa shape index (κ1) is 24.5. The maximum absolute atomic E-state index is 13.0. The summed E-state index contributed by atoms with van der Waals surface area (Å²) in [4.78, 5) is 19.5. The fraction of sp³-hybridized carbons (Fsp3) is 0.357. The van der Waals surface area contributed by atoms with Gasteiger partial charge in [-0.2, -0.15) is 0 Å². The van der Waals surface area contributed by atoms with Gasteiger partial charge in [-0.1, -0.05) is 42.5 Å². The highest BCUT2D eigenvalue weighted by atomic mass is 16.6. The number of pyridine rings is 1. The summed E-state index contributed by atoms with van der Waals surface area (Å²) in [6, 6.07) is 22.3. The molecule has 0 fully saturated rings. The van der Waals surface area contributed by atoms with Crippen molar-refractivity contribution < 1.29 is 14.3 Å². The van der Waals surface area contributed by atoms with Gasteiger partial charge in [0.2, 0.25) is 0 Å². The van der Waals surface area contributed by atoms with Crippen molar-refractivity contribution in [2.24, 2.45) is 0 Å². The third kappa shape index (κ3) is 7.16. The minimum absolute atomic E-state index is 0.0386. The SMILES string of the molecule is COc1ccc([C@@H](C)N(Cc2ccccc2)[C@@H](CC(=O)OC(C)(C)C)c2ccncc2)cc1. The zero-order chi connectivity index (χ0) is 23.8. The van der Waals surface area contributed by atoms with Crippen LogP contribution in [0, 0.1) is 0 Å². The van der Waals surface area contributed by atoms with Gasteiger partial charge < -0.3 is 9.47 Å². The Kier molecular flexibility index (Phi) is 8.23. The van der Waals surface area contributed by atoms with Gasteiger partial charge in [0.15, 0.2) is 0 Å². The van der Waals surface area contributed by atoms with E-state index in [4.69, 9.17) is 9.47 Å². The monoisotopic (exact) mass is 446 g/mol. The number of carbonyl (C=O) groups is 1. The van der Waals surface area contributed by atoms with Crippen LogP contribution in [-0.2, 0) is 16.1 Å². The predicted molar refractivity (Wildman–Crippen MR) is 131 cm³/mol. The molecule has 0 amide bonds. The van der Waals surface area contributed by atoms with E-state index in [9.17, 15) is 4.79 Å². The second-order valence-corrected chi connectivity index (χ2v) is 9.19. The van der Waals surface area contributed by atoms with Crippen molar-refractivity contribution in [1.29, 1.82) is 0 Å². The van der Waals surface area contributed by atoms with Crippen molar-refractivity contribution in [3.8, 4) is 5.75 Å². The maximum Gasteiger partial charge on any atom is 0.308 e. The minimum Gasteiger partial charge on any atom is -0.497 e. The number of nitrogens with zero attached hydrogens (tertiary/aromatic N) is 2. The van der Waals surface area contributed by atoms with Crippen LogP contribution < -0.4 is 4.74 Å². The fourth-order valence-corrected chi connectivity index (χ4v) is 3.94. The lowest BCUT2D eigenvalue weighted by Gasteiger charge is -2.37. The smallest absolute Gasteiger partial charge is 0.308 e. The molecule has 0 aliphatic rings. The van der Waals surface area contributed by atoms with E-state index < -0.39 is 5.60 Å². The summed E-state index contributed by atoms with van der Waals surface area (Å²) in [6.07, 6.45) is 3.79. The van der Waals surface area contributed by atoms with Crippen molar-refractivity contribution in [2.75, 3.05) is 7.11 Å². The van der Waals surface area contributed by atoms with Gasteiger partial charge in [-0.15, -0.1) is 0 Å². The third-order valence-electron chi connectivity index (χ3n) is 5.57. The quantitative estimate of drug-likeness (QED) is 0.370. The number of benzene rings is 2. The Bertz CT molecular complexity index is 999. The topological polar surface area (TPSA) is 51.7 Å². The molecule has 0 aliphatic carbocycles. The highest BCUT2D eigenvalue weighted by Gasteiger charge is 2.30. The van der Waals surface area contributed by atoms with Crippen LogP contribution in [0.2, 0.25) is 0 Å². The van der Waals surface area contributed by atoms with Gasteiger partial charge >= 0.3 is 5.97 Å². The summed E-state index contributed by atoms with van der Waals surface area (Å²) in [7, 11) is 1.67. The molecule has 33 heavy (non-hydrogen) atoms. The standard InChI is InChI=1S/C28H34N2O3/c1-21(23-11-13-25(32-5)14-12-23)30(20-22-9-7-6-8-10-22)26(24-15-17-29-18-16-24)19-27(31)33-28(2,3)4/h6-18,21,26H,19-20H2,1-5H3/t21-,26+/m1/s1. The molecule has 1 heterocycles. The highest BCUT2D eigenvalue weighted by Crippen LogP contribution is 2.35. The summed E-state index contributed by atoms with van der Waals surface area (Å²) >= 11 is 0. The zero-order valence-electron chi connectivity index (χ0n) is 20.2. The number of ether oxygens (including phenoxy) is 2. The van der Waals surface area contributed by atoms with E-state index in [2.05, 4.69) is 41.1 Å². The molecule has 0 N–H and O–H groups in total. The molecule has 0 saturated heterocycles. The summed E-state index contributed by atoms with van der Waals surface area (Å²) < 4.78 is 11.0. The molecule has 2 aromatic carbocycles. The van der Waals surface area contributed by atoms with Crippen LogP contribution in [-0.4, -0.2) is 28.6 Å². The van der Waals surface area contributed by atoms with E-state index in [0.717, 1.165) is 16.9 Å². The van der Waals surface area contributed by atoms with Crippen LogP contribution in [0.25, 0.3) is 0 Å². The van der Waals surface area contributed by atoms with E-state index >= 15 is 0 Å². The normalized spacial score (nSPS) is 13.4. The molecule has 174 valence electrons. The molecule has 5 nitrogen and oxygen atoms in total. The Hall–Kier alpha value is -3.18. The summed E-state index contributed by atoms with van der Waals surface area (Å²) in [5.41, 5.74) is 2.83. The average molecular weight is 447 g/mol. The van der Waals surface area contributed by atoms with Crippen LogP contribution >= 0.6 is 0 Å². The molecule has 3 rings (SSSR count). The molecule has 5 heteroatoms. The first-order chi connectivity index (χ1) is 15.8. The van der Waals surface area contributed by atoms with E-state index in [1.807, 2.05) is 63.2 Å². The van der Waals surface area contributed by atoms with Gasteiger partial charge in [-0.3, -0.25) is 14.7 Å². The Labute approximate surface area is 197 Å². The van der Waals surface area contributed by atoms with Crippen molar-refractivity contribution >= 4 is 5.97 Å². The Morgan fingerprint density at radius 3 is 2.15 bits per heavy atom. The fourth-order valence-electron chi connectivity index (χ4n) is 3.94.